The maximum Gasteiger partial charge on any atom is 0.325 e. The summed E-state index contributed by atoms with van der Waals surface area (Å²) in [5.41, 5.74) is 0.194. The van der Waals surface area contributed by atoms with Crippen molar-refractivity contribution in [2.75, 3.05) is 11.9 Å². The van der Waals surface area contributed by atoms with Crippen LogP contribution in [0.5, 0.6) is 0 Å². The van der Waals surface area contributed by atoms with Crippen molar-refractivity contribution in [3.63, 3.8) is 0 Å². The number of hydrogen-bond donors (Lipinski definition) is 2. The molecule has 0 saturated carbocycles. The van der Waals surface area contributed by atoms with E-state index in [0.717, 1.165) is 21.2 Å². The van der Waals surface area contributed by atoms with E-state index in [1.807, 2.05) is 68.6 Å². The lowest BCUT2D eigenvalue weighted by atomic mass is 9.92. The van der Waals surface area contributed by atoms with Gasteiger partial charge in [0.2, 0.25) is 5.91 Å². The molecule has 9 heteroatoms. The molecule has 1 saturated heterocycles. The first-order chi connectivity index (χ1) is 15.1. The van der Waals surface area contributed by atoms with Crippen molar-refractivity contribution in [3.05, 3.63) is 64.5 Å². The molecule has 32 heavy (non-hydrogen) atoms. The molecule has 4 amide bonds. The second-order valence-corrected chi connectivity index (χ2v) is 9.83. The number of anilines is 1. The largest absolute Gasteiger partial charge is 0.325 e. The number of thiophene rings is 1. The molecule has 0 spiro atoms. The van der Waals surface area contributed by atoms with Crippen LogP contribution in [0.4, 0.5) is 10.6 Å². The molecule has 4 rings (SSSR count). The minimum atomic E-state index is -1.17. The van der Waals surface area contributed by atoms with Gasteiger partial charge in [0.15, 0.2) is 5.54 Å². The summed E-state index contributed by atoms with van der Waals surface area (Å²) in [6.07, 6.45) is 0. The molecule has 1 aliphatic heterocycles. The molecule has 2 aromatic heterocycles. The summed E-state index contributed by atoms with van der Waals surface area (Å²) in [4.78, 5) is 40.0. The van der Waals surface area contributed by atoms with Crippen LogP contribution >= 0.6 is 11.3 Å². The van der Waals surface area contributed by atoms with E-state index in [1.165, 1.54) is 11.3 Å². The van der Waals surface area contributed by atoms with E-state index in [-0.39, 0.29) is 5.41 Å². The second kappa shape index (κ2) is 7.90. The van der Waals surface area contributed by atoms with E-state index in [9.17, 15) is 14.4 Å². The van der Waals surface area contributed by atoms with E-state index >= 15 is 0 Å². The molecule has 0 bridgehead atoms. The highest BCUT2D eigenvalue weighted by atomic mass is 32.1. The smallest absolute Gasteiger partial charge is 0.319 e. The number of hydrogen-bond acceptors (Lipinski definition) is 5. The quantitative estimate of drug-likeness (QED) is 0.579. The third-order valence-electron chi connectivity index (χ3n) is 5.34. The summed E-state index contributed by atoms with van der Waals surface area (Å²) >= 11 is 1.38. The van der Waals surface area contributed by atoms with Crippen LogP contribution < -0.4 is 10.6 Å². The fourth-order valence-electron chi connectivity index (χ4n) is 3.50. The minimum Gasteiger partial charge on any atom is -0.319 e. The SMILES string of the molecule is CC(C)(C)c1cc(NC(=O)CN2C(=O)NC(C)(c3cccs3)C2=O)n(-c2ccccc2)n1. The number of carbonyl (C=O) groups is 3. The highest BCUT2D eigenvalue weighted by Gasteiger charge is 2.50. The summed E-state index contributed by atoms with van der Waals surface area (Å²) in [5.74, 6) is -0.465. The normalized spacial score (nSPS) is 18.7. The van der Waals surface area contributed by atoms with Crippen molar-refractivity contribution in [3.8, 4) is 5.69 Å². The Hall–Kier alpha value is -3.46. The summed E-state index contributed by atoms with van der Waals surface area (Å²) in [6, 6.07) is 14.3. The Morgan fingerprint density at radius 3 is 2.50 bits per heavy atom. The lowest BCUT2D eigenvalue weighted by Gasteiger charge is -2.20. The Balaban J connectivity index is 1.56. The molecule has 8 nitrogen and oxygen atoms in total. The Labute approximate surface area is 190 Å². The molecule has 2 N–H and O–H groups in total. The molecule has 3 heterocycles. The third kappa shape index (κ3) is 3.91. The summed E-state index contributed by atoms with van der Waals surface area (Å²) < 4.78 is 1.65. The number of benzene rings is 1. The van der Waals surface area contributed by atoms with E-state index in [2.05, 4.69) is 15.7 Å². The average molecular weight is 452 g/mol. The first-order valence-corrected chi connectivity index (χ1v) is 11.1. The van der Waals surface area contributed by atoms with Crippen LogP contribution in [0.25, 0.3) is 5.69 Å². The topological polar surface area (TPSA) is 96.3 Å². The van der Waals surface area contributed by atoms with Crippen LogP contribution in [0, 0.1) is 0 Å². The summed E-state index contributed by atoms with van der Waals surface area (Å²) in [5, 5.41) is 12.0. The monoisotopic (exact) mass is 451 g/mol. The van der Waals surface area contributed by atoms with Gasteiger partial charge in [-0.15, -0.1) is 11.3 Å². The fraction of sp³-hybridized carbons (Fsp3) is 0.304. The lowest BCUT2D eigenvalue weighted by Crippen LogP contribution is -2.41. The predicted octanol–water partition coefficient (Wildman–Crippen LogP) is 3.64. The Bertz CT molecular complexity index is 1160. The van der Waals surface area contributed by atoms with Crippen LogP contribution in [0.1, 0.15) is 38.3 Å². The maximum absolute atomic E-state index is 13.0. The van der Waals surface area contributed by atoms with Gasteiger partial charge in [-0.2, -0.15) is 5.10 Å². The van der Waals surface area contributed by atoms with Gasteiger partial charge in [0, 0.05) is 16.4 Å². The van der Waals surface area contributed by atoms with Gasteiger partial charge in [-0.3, -0.25) is 14.5 Å². The molecule has 0 radical (unpaired) electrons. The Kier molecular flexibility index (Phi) is 5.37. The molecule has 1 unspecified atom stereocenters. The molecule has 1 aliphatic rings. The van der Waals surface area contributed by atoms with Gasteiger partial charge in [0.05, 0.1) is 11.4 Å². The van der Waals surface area contributed by atoms with Crippen LogP contribution in [0.3, 0.4) is 0 Å². The van der Waals surface area contributed by atoms with Gasteiger partial charge in [0.25, 0.3) is 5.91 Å². The van der Waals surface area contributed by atoms with Crippen molar-refractivity contribution < 1.29 is 14.4 Å². The fourth-order valence-corrected chi connectivity index (χ4v) is 4.33. The molecule has 1 atom stereocenters. The van der Waals surface area contributed by atoms with Gasteiger partial charge in [-0.05, 0) is 30.5 Å². The summed E-state index contributed by atoms with van der Waals surface area (Å²) in [7, 11) is 0. The lowest BCUT2D eigenvalue weighted by molar-refractivity contribution is -0.133. The van der Waals surface area contributed by atoms with Crippen LogP contribution in [-0.2, 0) is 20.5 Å². The zero-order valence-electron chi connectivity index (χ0n) is 18.4. The van der Waals surface area contributed by atoms with Gasteiger partial charge in [-0.1, -0.05) is 45.0 Å². The number of rotatable bonds is 5. The van der Waals surface area contributed by atoms with Crippen LogP contribution in [0.15, 0.2) is 53.9 Å². The van der Waals surface area contributed by atoms with Crippen molar-refractivity contribution in [1.82, 2.24) is 20.0 Å². The van der Waals surface area contributed by atoms with Crippen molar-refractivity contribution >= 4 is 35.0 Å². The van der Waals surface area contributed by atoms with Crippen molar-refractivity contribution in [1.29, 1.82) is 0 Å². The van der Waals surface area contributed by atoms with Gasteiger partial charge in [-0.25, -0.2) is 9.48 Å². The predicted molar refractivity (Wildman–Crippen MR) is 123 cm³/mol. The van der Waals surface area contributed by atoms with Gasteiger partial charge >= 0.3 is 6.03 Å². The number of aromatic nitrogens is 2. The number of nitrogens with one attached hydrogen (secondary N) is 2. The zero-order chi connectivity index (χ0) is 23.1. The van der Waals surface area contributed by atoms with Crippen molar-refractivity contribution in [2.24, 2.45) is 0 Å². The molecule has 0 aliphatic carbocycles. The maximum atomic E-state index is 13.0. The standard InChI is InChI=1S/C23H25N5O3S/c1-22(2,3)16-13-18(28(26-16)15-9-6-5-7-10-15)24-19(29)14-27-20(30)23(4,25-21(27)31)17-11-8-12-32-17/h5-13H,14H2,1-4H3,(H,24,29)(H,25,31). The number of para-hydroxylation sites is 1. The molecular formula is C23H25N5O3S. The highest BCUT2D eigenvalue weighted by Crippen LogP contribution is 2.32. The Morgan fingerprint density at radius 2 is 1.88 bits per heavy atom. The van der Waals surface area contributed by atoms with Gasteiger partial charge in [0.1, 0.15) is 12.4 Å². The zero-order valence-corrected chi connectivity index (χ0v) is 19.2. The van der Waals surface area contributed by atoms with E-state index in [1.54, 1.807) is 17.7 Å². The van der Waals surface area contributed by atoms with Gasteiger partial charge < -0.3 is 10.6 Å². The van der Waals surface area contributed by atoms with Crippen LogP contribution in [0.2, 0.25) is 0 Å². The molecule has 166 valence electrons. The first kappa shape index (κ1) is 21.8. The number of nitrogens with zero attached hydrogens (tertiary/aromatic N) is 3. The number of amides is 4. The Morgan fingerprint density at radius 1 is 1.16 bits per heavy atom. The van der Waals surface area contributed by atoms with Crippen LogP contribution in [-0.4, -0.2) is 39.1 Å². The molecule has 1 aromatic carbocycles. The first-order valence-electron chi connectivity index (χ1n) is 10.2. The van der Waals surface area contributed by atoms with E-state index in [4.69, 9.17) is 0 Å². The third-order valence-corrected chi connectivity index (χ3v) is 6.43. The average Bonchev–Trinajstić information content (AvgIpc) is 3.46. The number of urea groups is 1. The second-order valence-electron chi connectivity index (χ2n) is 8.88. The molecule has 3 aromatic rings. The van der Waals surface area contributed by atoms with E-state index in [0.29, 0.717) is 5.82 Å². The number of imide groups is 1. The van der Waals surface area contributed by atoms with E-state index < -0.39 is 29.9 Å². The highest BCUT2D eigenvalue weighted by molar-refractivity contribution is 7.10. The minimum absolute atomic E-state index is 0.229. The molecule has 1 fully saturated rings. The summed E-state index contributed by atoms with van der Waals surface area (Å²) in [6.45, 7) is 7.37. The number of carbonyl (C=O) groups excluding carboxylic acids is 3. The van der Waals surface area contributed by atoms with Crippen molar-refractivity contribution in [2.45, 2.75) is 38.6 Å². The molecular weight excluding hydrogens is 426 g/mol.